The Kier molecular flexibility index (Phi) is 3.56. The first kappa shape index (κ1) is 12.5. The molecule has 0 nitrogen and oxygen atoms in total. The summed E-state index contributed by atoms with van der Waals surface area (Å²) in [6, 6.07) is 9.64. The van der Waals surface area contributed by atoms with Crippen LogP contribution in [0, 0.1) is 25.5 Å². The van der Waals surface area contributed by atoms with Crippen molar-refractivity contribution in [3.8, 4) is 0 Å². The molecule has 2 aromatic rings. The number of hydrogen-bond donors (Lipinski definition) is 0. The first-order chi connectivity index (χ1) is 8.56. The summed E-state index contributed by atoms with van der Waals surface area (Å²) in [5, 5.41) is 0. The molecule has 0 aliphatic heterocycles. The van der Waals surface area contributed by atoms with Gasteiger partial charge in [-0.1, -0.05) is 30.4 Å². The molecule has 0 N–H and O–H groups in total. The van der Waals surface area contributed by atoms with Gasteiger partial charge in [-0.2, -0.15) is 0 Å². The zero-order valence-electron chi connectivity index (χ0n) is 10.4. The molecule has 0 saturated heterocycles. The summed E-state index contributed by atoms with van der Waals surface area (Å²) in [4.78, 5) is 0. The third-order valence-electron chi connectivity index (χ3n) is 2.85. The minimum atomic E-state index is -0.259. The van der Waals surface area contributed by atoms with Crippen molar-refractivity contribution in [2.45, 2.75) is 13.8 Å². The Morgan fingerprint density at radius 2 is 1.56 bits per heavy atom. The lowest BCUT2D eigenvalue weighted by Gasteiger charge is -2.04. The van der Waals surface area contributed by atoms with Crippen LogP contribution in [0.4, 0.5) is 8.78 Å². The van der Waals surface area contributed by atoms with Crippen LogP contribution in [0.5, 0.6) is 0 Å². The normalized spacial score (nSPS) is 11.1. The first-order valence-corrected chi connectivity index (χ1v) is 5.76. The third kappa shape index (κ3) is 2.83. The zero-order chi connectivity index (χ0) is 13.1. The molecule has 0 spiro atoms. The van der Waals surface area contributed by atoms with Gasteiger partial charge < -0.3 is 0 Å². The van der Waals surface area contributed by atoms with Crippen molar-refractivity contribution in [1.82, 2.24) is 0 Å². The van der Waals surface area contributed by atoms with Crippen molar-refractivity contribution in [3.05, 3.63) is 70.3 Å². The van der Waals surface area contributed by atoms with Crippen LogP contribution in [0.2, 0.25) is 0 Å². The highest BCUT2D eigenvalue weighted by Gasteiger charge is 2.02. The fraction of sp³-hybridized carbons (Fsp3) is 0.125. The van der Waals surface area contributed by atoms with E-state index in [1.165, 1.54) is 18.2 Å². The number of halogens is 2. The number of rotatable bonds is 2. The summed E-state index contributed by atoms with van der Waals surface area (Å²) in [5.74, 6) is -0.460. The summed E-state index contributed by atoms with van der Waals surface area (Å²) in [6.07, 6.45) is 3.69. The van der Waals surface area contributed by atoms with Gasteiger partial charge in [0.25, 0.3) is 0 Å². The van der Waals surface area contributed by atoms with Crippen LogP contribution in [-0.4, -0.2) is 0 Å². The molecule has 0 atom stereocenters. The lowest BCUT2D eigenvalue weighted by molar-refractivity contribution is 0.617. The quantitative estimate of drug-likeness (QED) is 0.668. The van der Waals surface area contributed by atoms with Gasteiger partial charge in [-0.05, 0) is 54.3 Å². The van der Waals surface area contributed by atoms with Gasteiger partial charge in [0, 0.05) is 0 Å². The first-order valence-electron chi connectivity index (χ1n) is 5.76. The van der Waals surface area contributed by atoms with Gasteiger partial charge in [0.05, 0.1) is 0 Å². The molecule has 0 aliphatic carbocycles. The minimum absolute atomic E-state index is 0.200. The van der Waals surface area contributed by atoms with Crippen molar-refractivity contribution >= 4 is 12.2 Å². The monoisotopic (exact) mass is 244 g/mol. The molecule has 18 heavy (non-hydrogen) atoms. The van der Waals surface area contributed by atoms with E-state index in [9.17, 15) is 8.78 Å². The average Bonchev–Trinajstić information content (AvgIpc) is 2.34. The van der Waals surface area contributed by atoms with Gasteiger partial charge in [-0.15, -0.1) is 0 Å². The molecule has 0 saturated carbocycles. The second-order valence-corrected chi connectivity index (χ2v) is 4.35. The van der Waals surface area contributed by atoms with Gasteiger partial charge >= 0.3 is 0 Å². The maximum atomic E-state index is 13.5. The molecule has 2 heteroatoms. The van der Waals surface area contributed by atoms with Crippen molar-refractivity contribution in [1.29, 1.82) is 0 Å². The summed E-state index contributed by atoms with van der Waals surface area (Å²) in [5.41, 5.74) is 3.24. The van der Waals surface area contributed by atoms with E-state index in [1.807, 2.05) is 25.1 Å². The Morgan fingerprint density at radius 1 is 0.889 bits per heavy atom. The second-order valence-electron chi connectivity index (χ2n) is 4.35. The molecule has 2 rings (SSSR count). The zero-order valence-corrected chi connectivity index (χ0v) is 10.4. The summed E-state index contributed by atoms with van der Waals surface area (Å²) in [6.45, 7) is 3.61. The molecule has 0 bridgehead atoms. The number of benzene rings is 2. The van der Waals surface area contributed by atoms with E-state index in [0.717, 1.165) is 16.7 Å². The van der Waals surface area contributed by atoms with Crippen LogP contribution >= 0.6 is 0 Å². The van der Waals surface area contributed by atoms with Crippen LogP contribution in [-0.2, 0) is 0 Å². The van der Waals surface area contributed by atoms with Gasteiger partial charge in [0.1, 0.15) is 11.6 Å². The molecule has 0 amide bonds. The average molecular weight is 244 g/mol. The maximum absolute atomic E-state index is 13.5. The summed E-state index contributed by atoms with van der Waals surface area (Å²) >= 11 is 0. The van der Waals surface area contributed by atoms with E-state index in [2.05, 4.69) is 0 Å². The minimum Gasteiger partial charge on any atom is -0.207 e. The standard InChI is InChI=1S/C16H14F2/c1-11-9-14(12(2)16(18)10-11)6-3-13-4-7-15(17)8-5-13/h3-10H,1-2H3/b6-3+. The molecule has 0 radical (unpaired) electrons. The highest BCUT2D eigenvalue weighted by molar-refractivity contribution is 5.71. The van der Waals surface area contributed by atoms with Crippen LogP contribution < -0.4 is 0 Å². The Bertz CT molecular complexity index is 581. The van der Waals surface area contributed by atoms with Gasteiger partial charge in [0.15, 0.2) is 0 Å². The lowest BCUT2D eigenvalue weighted by atomic mass is 10.0. The summed E-state index contributed by atoms with van der Waals surface area (Å²) < 4.78 is 26.3. The predicted octanol–water partition coefficient (Wildman–Crippen LogP) is 4.75. The van der Waals surface area contributed by atoms with E-state index in [4.69, 9.17) is 0 Å². The molecule has 0 heterocycles. The van der Waals surface area contributed by atoms with Crippen LogP contribution in [0.15, 0.2) is 36.4 Å². The molecular weight excluding hydrogens is 230 g/mol. The maximum Gasteiger partial charge on any atom is 0.126 e. The lowest BCUT2D eigenvalue weighted by Crippen LogP contribution is -1.89. The Balaban J connectivity index is 2.31. The topological polar surface area (TPSA) is 0 Å². The van der Waals surface area contributed by atoms with Crippen LogP contribution in [0.3, 0.4) is 0 Å². The fourth-order valence-corrected chi connectivity index (χ4v) is 1.77. The van der Waals surface area contributed by atoms with Gasteiger partial charge in [0.2, 0.25) is 0 Å². The van der Waals surface area contributed by atoms with E-state index in [-0.39, 0.29) is 11.6 Å². The van der Waals surface area contributed by atoms with Gasteiger partial charge in [-0.3, -0.25) is 0 Å². The Hall–Kier alpha value is -1.96. The molecule has 0 aromatic heterocycles. The third-order valence-corrected chi connectivity index (χ3v) is 2.85. The largest absolute Gasteiger partial charge is 0.207 e. The SMILES string of the molecule is Cc1cc(F)c(C)c(/C=C/c2ccc(F)cc2)c1. The highest BCUT2D eigenvalue weighted by atomic mass is 19.1. The predicted molar refractivity (Wildman–Crippen MR) is 71.2 cm³/mol. The molecular formula is C16H14F2. The molecule has 0 fully saturated rings. The Labute approximate surface area is 106 Å². The van der Waals surface area contributed by atoms with Crippen molar-refractivity contribution in [3.63, 3.8) is 0 Å². The van der Waals surface area contributed by atoms with E-state index in [1.54, 1.807) is 19.1 Å². The highest BCUT2D eigenvalue weighted by Crippen LogP contribution is 2.18. The summed E-state index contributed by atoms with van der Waals surface area (Å²) in [7, 11) is 0. The van der Waals surface area contributed by atoms with E-state index in [0.29, 0.717) is 5.56 Å². The van der Waals surface area contributed by atoms with Gasteiger partial charge in [-0.25, -0.2) is 8.78 Å². The molecule has 0 unspecified atom stereocenters. The van der Waals surface area contributed by atoms with Crippen molar-refractivity contribution in [2.24, 2.45) is 0 Å². The molecule has 92 valence electrons. The molecule has 0 aliphatic rings. The van der Waals surface area contributed by atoms with Crippen LogP contribution in [0.25, 0.3) is 12.2 Å². The van der Waals surface area contributed by atoms with Crippen LogP contribution in [0.1, 0.15) is 22.3 Å². The van der Waals surface area contributed by atoms with E-state index < -0.39 is 0 Å². The molecule has 2 aromatic carbocycles. The number of hydrogen-bond acceptors (Lipinski definition) is 0. The smallest absolute Gasteiger partial charge is 0.126 e. The van der Waals surface area contributed by atoms with E-state index >= 15 is 0 Å². The number of aryl methyl sites for hydroxylation is 1. The second kappa shape index (κ2) is 5.13. The van der Waals surface area contributed by atoms with Crippen molar-refractivity contribution < 1.29 is 8.78 Å². The fourth-order valence-electron chi connectivity index (χ4n) is 1.77. The van der Waals surface area contributed by atoms with Crippen molar-refractivity contribution in [2.75, 3.05) is 0 Å². The Morgan fingerprint density at radius 3 is 2.22 bits per heavy atom.